The SMILES string of the molecule is CC.NC1CCN(CCc2c[nH]c3ccccc23)C(=O)C1. The lowest BCUT2D eigenvalue weighted by Crippen LogP contribution is -2.44. The summed E-state index contributed by atoms with van der Waals surface area (Å²) in [6, 6.07) is 8.32. The molecule has 3 rings (SSSR count). The van der Waals surface area contributed by atoms with Crippen molar-refractivity contribution in [2.24, 2.45) is 5.73 Å². The van der Waals surface area contributed by atoms with Gasteiger partial charge in [-0.15, -0.1) is 0 Å². The molecule has 2 heterocycles. The molecule has 1 saturated heterocycles. The van der Waals surface area contributed by atoms with Crippen molar-refractivity contribution in [2.45, 2.75) is 39.2 Å². The maximum absolute atomic E-state index is 11.9. The molecule has 1 unspecified atom stereocenters. The Balaban J connectivity index is 0.000000774. The Kier molecular flexibility index (Phi) is 5.39. The van der Waals surface area contributed by atoms with Gasteiger partial charge in [0.25, 0.3) is 0 Å². The third-order valence-electron chi connectivity index (χ3n) is 3.89. The molecule has 3 N–H and O–H groups in total. The first kappa shape index (κ1) is 15.6. The molecule has 0 saturated carbocycles. The Morgan fingerprint density at radius 3 is 2.86 bits per heavy atom. The van der Waals surface area contributed by atoms with Crippen molar-refractivity contribution in [3.8, 4) is 0 Å². The van der Waals surface area contributed by atoms with Crippen molar-refractivity contribution in [3.05, 3.63) is 36.0 Å². The number of aromatic nitrogens is 1. The first-order valence-electron chi connectivity index (χ1n) is 7.82. The van der Waals surface area contributed by atoms with Crippen molar-refractivity contribution in [1.29, 1.82) is 0 Å². The van der Waals surface area contributed by atoms with E-state index in [4.69, 9.17) is 5.73 Å². The van der Waals surface area contributed by atoms with E-state index in [0.717, 1.165) is 31.4 Å². The van der Waals surface area contributed by atoms with Gasteiger partial charge >= 0.3 is 0 Å². The predicted octanol–water partition coefficient (Wildman–Crippen LogP) is 2.69. The second-order valence-corrected chi connectivity index (χ2v) is 5.24. The molecule has 1 aromatic heterocycles. The number of aromatic amines is 1. The Labute approximate surface area is 126 Å². The first-order valence-corrected chi connectivity index (χ1v) is 7.82. The molecule has 1 amide bonds. The van der Waals surface area contributed by atoms with E-state index in [1.165, 1.54) is 10.9 Å². The molecular weight excluding hydrogens is 262 g/mol. The van der Waals surface area contributed by atoms with Crippen molar-refractivity contribution >= 4 is 16.8 Å². The molecule has 114 valence electrons. The van der Waals surface area contributed by atoms with Gasteiger partial charge in [-0.25, -0.2) is 0 Å². The third kappa shape index (κ3) is 3.64. The fourth-order valence-electron chi connectivity index (χ4n) is 2.73. The largest absolute Gasteiger partial charge is 0.361 e. The quantitative estimate of drug-likeness (QED) is 0.911. The second-order valence-electron chi connectivity index (χ2n) is 5.24. The fourth-order valence-corrected chi connectivity index (χ4v) is 2.73. The molecule has 1 aliphatic heterocycles. The van der Waals surface area contributed by atoms with Gasteiger partial charge in [-0.2, -0.15) is 0 Å². The average molecular weight is 287 g/mol. The lowest BCUT2D eigenvalue weighted by atomic mass is 10.0. The highest BCUT2D eigenvalue weighted by Gasteiger charge is 2.22. The number of carbonyl (C=O) groups is 1. The molecule has 1 aromatic carbocycles. The van der Waals surface area contributed by atoms with Crippen LogP contribution in [0.4, 0.5) is 0 Å². The van der Waals surface area contributed by atoms with Gasteiger partial charge in [-0.3, -0.25) is 4.79 Å². The van der Waals surface area contributed by atoms with Gasteiger partial charge in [0.1, 0.15) is 0 Å². The number of amides is 1. The van der Waals surface area contributed by atoms with E-state index in [9.17, 15) is 4.79 Å². The lowest BCUT2D eigenvalue weighted by Gasteiger charge is -2.29. The van der Waals surface area contributed by atoms with Crippen molar-refractivity contribution in [2.75, 3.05) is 13.1 Å². The summed E-state index contributed by atoms with van der Waals surface area (Å²) in [7, 11) is 0. The normalized spacial score (nSPS) is 18.5. The summed E-state index contributed by atoms with van der Waals surface area (Å²) in [6.45, 7) is 5.58. The number of carbonyl (C=O) groups excluding carboxylic acids is 1. The molecule has 1 fully saturated rings. The summed E-state index contributed by atoms with van der Waals surface area (Å²) in [4.78, 5) is 17.1. The number of rotatable bonds is 3. The molecular formula is C17H25N3O. The molecule has 0 bridgehead atoms. The standard InChI is InChI=1S/C15H19N3O.C2H6/c16-12-6-8-18(15(19)9-12)7-5-11-10-17-14-4-2-1-3-13(11)14;1-2/h1-4,10,12,17H,5-9,16H2;1-2H3. The Morgan fingerprint density at radius 1 is 1.33 bits per heavy atom. The number of benzene rings is 1. The molecule has 21 heavy (non-hydrogen) atoms. The van der Waals surface area contributed by atoms with Crippen LogP contribution < -0.4 is 5.73 Å². The number of fused-ring (bicyclic) bond motifs is 1. The molecule has 0 aliphatic carbocycles. The Morgan fingerprint density at radius 2 is 2.10 bits per heavy atom. The van der Waals surface area contributed by atoms with E-state index < -0.39 is 0 Å². The highest BCUT2D eigenvalue weighted by atomic mass is 16.2. The van der Waals surface area contributed by atoms with Crippen LogP contribution in [0.2, 0.25) is 0 Å². The zero-order valence-electron chi connectivity index (χ0n) is 12.9. The minimum atomic E-state index is 0.0526. The summed E-state index contributed by atoms with van der Waals surface area (Å²) < 4.78 is 0. The van der Waals surface area contributed by atoms with Crippen LogP contribution in [0.15, 0.2) is 30.5 Å². The van der Waals surface area contributed by atoms with Crippen LogP contribution in [0.1, 0.15) is 32.3 Å². The van der Waals surface area contributed by atoms with Crippen molar-refractivity contribution in [3.63, 3.8) is 0 Å². The number of H-pyrrole nitrogens is 1. The number of nitrogens with zero attached hydrogens (tertiary/aromatic N) is 1. The van der Waals surface area contributed by atoms with Gasteiger partial charge in [0.2, 0.25) is 5.91 Å². The van der Waals surface area contributed by atoms with Gasteiger partial charge in [-0.05, 0) is 24.5 Å². The molecule has 0 spiro atoms. The van der Waals surface area contributed by atoms with E-state index in [0.29, 0.717) is 6.42 Å². The smallest absolute Gasteiger partial charge is 0.224 e. The van der Waals surface area contributed by atoms with E-state index in [2.05, 4.69) is 17.1 Å². The predicted molar refractivity (Wildman–Crippen MR) is 87.1 cm³/mol. The highest BCUT2D eigenvalue weighted by molar-refractivity contribution is 5.83. The van der Waals surface area contributed by atoms with Crippen molar-refractivity contribution < 1.29 is 4.79 Å². The van der Waals surface area contributed by atoms with E-state index in [1.54, 1.807) is 0 Å². The molecule has 2 aromatic rings. The molecule has 1 aliphatic rings. The third-order valence-corrected chi connectivity index (χ3v) is 3.89. The summed E-state index contributed by atoms with van der Waals surface area (Å²) in [5.41, 5.74) is 8.23. The number of nitrogens with one attached hydrogen (secondary N) is 1. The molecule has 0 radical (unpaired) electrons. The molecule has 4 nitrogen and oxygen atoms in total. The van der Waals surface area contributed by atoms with Crippen LogP contribution in [-0.2, 0) is 11.2 Å². The van der Waals surface area contributed by atoms with E-state index in [1.807, 2.05) is 37.1 Å². The van der Waals surface area contributed by atoms with E-state index >= 15 is 0 Å². The summed E-state index contributed by atoms with van der Waals surface area (Å²) >= 11 is 0. The topological polar surface area (TPSA) is 62.1 Å². The van der Waals surface area contributed by atoms with Gasteiger partial charge in [0, 0.05) is 42.7 Å². The van der Waals surface area contributed by atoms with Crippen LogP contribution in [0, 0.1) is 0 Å². The Hall–Kier alpha value is -1.81. The lowest BCUT2D eigenvalue weighted by molar-refractivity contribution is -0.133. The first-order chi connectivity index (χ1) is 10.2. The summed E-state index contributed by atoms with van der Waals surface area (Å²) in [5, 5.41) is 1.25. The zero-order chi connectivity index (χ0) is 15.2. The summed E-state index contributed by atoms with van der Waals surface area (Å²) in [6.07, 6.45) is 4.35. The van der Waals surface area contributed by atoms with Crippen LogP contribution in [0.3, 0.4) is 0 Å². The number of likely N-dealkylation sites (tertiary alicyclic amines) is 1. The van der Waals surface area contributed by atoms with Gasteiger partial charge in [0.15, 0.2) is 0 Å². The van der Waals surface area contributed by atoms with Crippen molar-refractivity contribution in [1.82, 2.24) is 9.88 Å². The van der Waals surface area contributed by atoms with Gasteiger partial charge in [0.05, 0.1) is 0 Å². The number of hydrogen-bond donors (Lipinski definition) is 2. The van der Waals surface area contributed by atoms with Crippen LogP contribution in [0.5, 0.6) is 0 Å². The van der Waals surface area contributed by atoms with Crippen LogP contribution in [-0.4, -0.2) is 34.9 Å². The minimum Gasteiger partial charge on any atom is -0.361 e. The number of nitrogens with two attached hydrogens (primary N) is 1. The van der Waals surface area contributed by atoms with Crippen LogP contribution in [0.25, 0.3) is 10.9 Å². The Bertz CT molecular complexity index is 590. The average Bonchev–Trinajstić information content (AvgIpc) is 2.92. The maximum Gasteiger partial charge on any atom is 0.224 e. The van der Waals surface area contributed by atoms with Crippen LogP contribution >= 0.6 is 0 Å². The highest BCUT2D eigenvalue weighted by Crippen LogP contribution is 2.19. The second kappa shape index (κ2) is 7.27. The van der Waals surface area contributed by atoms with E-state index in [-0.39, 0.29) is 11.9 Å². The minimum absolute atomic E-state index is 0.0526. The number of hydrogen-bond acceptors (Lipinski definition) is 2. The van der Waals surface area contributed by atoms with Gasteiger partial charge < -0.3 is 15.6 Å². The number of para-hydroxylation sites is 1. The zero-order valence-corrected chi connectivity index (χ0v) is 12.9. The number of piperidine rings is 1. The molecule has 1 atom stereocenters. The fraction of sp³-hybridized carbons (Fsp3) is 0.471. The monoisotopic (exact) mass is 287 g/mol. The maximum atomic E-state index is 11.9. The molecule has 4 heteroatoms. The van der Waals surface area contributed by atoms with Gasteiger partial charge in [-0.1, -0.05) is 32.0 Å². The summed E-state index contributed by atoms with van der Waals surface area (Å²) in [5.74, 6) is 0.193.